The number of ether oxygens (including phenoxy) is 3. The van der Waals surface area contributed by atoms with Crippen LogP contribution in [0.2, 0.25) is 0 Å². The van der Waals surface area contributed by atoms with E-state index in [1.54, 1.807) is 0 Å². The molecule has 0 heterocycles. The second-order valence-corrected chi connectivity index (χ2v) is 22.4. The van der Waals surface area contributed by atoms with Gasteiger partial charge in [-0.05, 0) is 103 Å². The predicted octanol–water partition coefficient (Wildman–Crippen LogP) is 23.2. The van der Waals surface area contributed by atoms with Crippen LogP contribution < -0.4 is 0 Å². The number of carbonyl (C=O) groups is 3. The van der Waals surface area contributed by atoms with Crippen LogP contribution in [-0.4, -0.2) is 37.2 Å². The summed E-state index contributed by atoms with van der Waals surface area (Å²) in [5.41, 5.74) is 0. The Balaban J connectivity index is 4.38. The van der Waals surface area contributed by atoms with Gasteiger partial charge in [0.2, 0.25) is 0 Å². The molecule has 0 fully saturated rings. The Hall–Kier alpha value is -3.67. The van der Waals surface area contributed by atoms with E-state index in [2.05, 4.69) is 118 Å². The zero-order valence-electron chi connectivity index (χ0n) is 52.1. The number of carbonyl (C=O) groups excluding carboxylic acids is 3. The van der Waals surface area contributed by atoms with Gasteiger partial charge in [0.15, 0.2) is 6.10 Å². The van der Waals surface area contributed by atoms with E-state index in [1.807, 2.05) is 0 Å². The Bertz CT molecular complexity index is 1540. The lowest BCUT2D eigenvalue weighted by Crippen LogP contribution is -2.30. The highest BCUT2D eigenvalue weighted by Crippen LogP contribution is 2.17. The van der Waals surface area contributed by atoms with Gasteiger partial charge in [-0.15, -0.1) is 0 Å². The zero-order chi connectivity index (χ0) is 57.1. The quantitative estimate of drug-likeness (QED) is 0.0261. The fourth-order valence-electron chi connectivity index (χ4n) is 9.54. The maximum atomic E-state index is 12.9. The monoisotopic (exact) mass is 1100 g/mol. The van der Waals surface area contributed by atoms with Crippen molar-refractivity contribution in [3.8, 4) is 0 Å². The maximum absolute atomic E-state index is 12.9. The highest BCUT2D eigenvalue weighted by Gasteiger charge is 2.19. The molecular formula is C73H126O6. The van der Waals surface area contributed by atoms with Gasteiger partial charge < -0.3 is 14.2 Å². The van der Waals surface area contributed by atoms with E-state index in [9.17, 15) is 14.4 Å². The molecular weight excluding hydrogens is 973 g/mol. The summed E-state index contributed by atoms with van der Waals surface area (Å²) >= 11 is 0. The molecule has 0 saturated carbocycles. The number of rotatable bonds is 61. The van der Waals surface area contributed by atoms with Gasteiger partial charge in [0.05, 0.1) is 0 Å². The highest BCUT2D eigenvalue weighted by atomic mass is 16.6. The van der Waals surface area contributed by atoms with Gasteiger partial charge in [0.25, 0.3) is 0 Å². The van der Waals surface area contributed by atoms with Crippen LogP contribution in [0.1, 0.15) is 329 Å². The first-order chi connectivity index (χ1) is 39.0. The van der Waals surface area contributed by atoms with Crippen LogP contribution in [-0.2, 0) is 28.6 Å². The molecule has 79 heavy (non-hydrogen) atoms. The molecule has 1 unspecified atom stereocenters. The van der Waals surface area contributed by atoms with E-state index in [0.29, 0.717) is 19.3 Å². The van der Waals surface area contributed by atoms with Gasteiger partial charge in [0.1, 0.15) is 13.2 Å². The smallest absolute Gasteiger partial charge is 0.306 e. The lowest BCUT2D eigenvalue weighted by molar-refractivity contribution is -0.167. The second kappa shape index (κ2) is 66.8. The summed E-state index contributed by atoms with van der Waals surface area (Å²) in [5.74, 6) is -0.886. The van der Waals surface area contributed by atoms with E-state index in [1.165, 1.54) is 167 Å². The minimum absolute atomic E-state index is 0.0819. The average Bonchev–Trinajstić information content (AvgIpc) is 3.45. The normalized spacial score (nSPS) is 12.7. The minimum Gasteiger partial charge on any atom is -0.462 e. The number of unbranched alkanes of at least 4 members (excludes halogenated alkanes) is 34. The Morgan fingerprint density at radius 3 is 0.797 bits per heavy atom. The van der Waals surface area contributed by atoms with Crippen LogP contribution in [0, 0.1) is 0 Å². The molecule has 0 aromatic rings. The summed E-state index contributed by atoms with van der Waals surface area (Å²) in [6.07, 6.45) is 89.8. The third-order valence-corrected chi connectivity index (χ3v) is 14.6. The first-order valence-electron chi connectivity index (χ1n) is 33.7. The zero-order valence-corrected chi connectivity index (χ0v) is 52.1. The molecule has 0 aliphatic carbocycles. The van der Waals surface area contributed by atoms with Gasteiger partial charge in [-0.1, -0.05) is 304 Å². The summed E-state index contributed by atoms with van der Waals surface area (Å²) in [4.78, 5) is 38.4. The fourth-order valence-corrected chi connectivity index (χ4v) is 9.54. The summed E-state index contributed by atoms with van der Waals surface area (Å²) < 4.78 is 17.0. The molecule has 0 rings (SSSR count). The number of esters is 3. The second-order valence-electron chi connectivity index (χ2n) is 22.4. The molecule has 6 heteroatoms. The lowest BCUT2D eigenvalue weighted by Gasteiger charge is -2.18. The fraction of sp³-hybridized carbons (Fsp3) is 0.740. The van der Waals surface area contributed by atoms with Crippen molar-refractivity contribution in [1.82, 2.24) is 0 Å². The van der Waals surface area contributed by atoms with Crippen molar-refractivity contribution in [3.05, 3.63) is 97.2 Å². The Labute approximate surface area is 489 Å². The SMILES string of the molecule is CC/C=C\C/C=C\C/C=C\C/C=C\C/C=C\CCCCCCCCCCCC(=O)OCC(COC(=O)CCCCCCCCCCCCCCCCCCC)OC(=O)CCCCCCCC/C=C\C/C=C\C/C=C\CCCCC. The van der Waals surface area contributed by atoms with Crippen molar-refractivity contribution in [2.24, 2.45) is 0 Å². The number of hydrogen-bond acceptors (Lipinski definition) is 6. The van der Waals surface area contributed by atoms with Crippen LogP contribution in [0.4, 0.5) is 0 Å². The van der Waals surface area contributed by atoms with Crippen molar-refractivity contribution in [2.75, 3.05) is 13.2 Å². The van der Waals surface area contributed by atoms with E-state index in [-0.39, 0.29) is 31.1 Å². The molecule has 0 radical (unpaired) electrons. The van der Waals surface area contributed by atoms with Crippen LogP contribution in [0.15, 0.2) is 97.2 Å². The van der Waals surface area contributed by atoms with Crippen LogP contribution >= 0.6 is 0 Å². The summed E-state index contributed by atoms with van der Waals surface area (Å²) in [5, 5.41) is 0. The van der Waals surface area contributed by atoms with Crippen molar-refractivity contribution < 1.29 is 28.6 Å². The van der Waals surface area contributed by atoms with Gasteiger partial charge in [0, 0.05) is 19.3 Å². The van der Waals surface area contributed by atoms with E-state index in [4.69, 9.17) is 14.2 Å². The molecule has 0 spiro atoms. The molecule has 0 aliphatic heterocycles. The van der Waals surface area contributed by atoms with Crippen molar-refractivity contribution >= 4 is 17.9 Å². The van der Waals surface area contributed by atoms with Crippen LogP contribution in [0.3, 0.4) is 0 Å². The van der Waals surface area contributed by atoms with Gasteiger partial charge >= 0.3 is 17.9 Å². The largest absolute Gasteiger partial charge is 0.462 e. The maximum Gasteiger partial charge on any atom is 0.306 e. The van der Waals surface area contributed by atoms with E-state index < -0.39 is 6.10 Å². The summed E-state index contributed by atoms with van der Waals surface area (Å²) in [6, 6.07) is 0. The Kier molecular flexibility index (Phi) is 63.7. The molecule has 0 aliphatic rings. The summed E-state index contributed by atoms with van der Waals surface area (Å²) in [7, 11) is 0. The third kappa shape index (κ3) is 65.0. The molecule has 6 nitrogen and oxygen atoms in total. The average molecular weight is 1100 g/mol. The highest BCUT2D eigenvalue weighted by molar-refractivity contribution is 5.71. The van der Waals surface area contributed by atoms with Gasteiger partial charge in [-0.3, -0.25) is 14.4 Å². The van der Waals surface area contributed by atoms with Crippen LogP contribution in [0.5, 0.6) is 0 Å². The predicted molar refractivity (Wildman–Crippen MR) is 344 cm³/mol. The third-order valence-electron chi connectivity index (χ3n) is 14.6. The molecule has 0 aromatic heterocycles. The molecule has 0 saturated heterocycles. The molecule has 0 amide bonds. The number of allylic oxidation sites excluding steroid dienone is 16. The molecule has 454 valence electrons. The standard InChI is InChI=1S/C73H126O6/c1-4-7-10-13-16-19-22-25-28-31-33-34-35-36-37-38-40-42-45-48-51-54-57-60-63-66-72(75)78-69-70(68-77-71(74)65-62-59-56-53-50-47-44-41-30-27-24-21-18-15-12-9-6-3)79-73(76)67-64-61-58-55-52-49-46-43-39-32-29-26-23-20-17-14-11-8-5-2/h7,10,16-17,19-20,25-26,28-29,33-34,36-37,39,43,70H,4-6,8-9,11-15,18,21-24,27,30-32,35,38,40-42,44-69H2,1-3H3/b10-7-,19-16-,20-17-,28-25-,29-26-,34-33-,37-36-,43-39-. The van der Waals surface area contributed by atoms with Crippen molar-refractivity contribution in [2.45, 2.75) is 335 Å². The van der Waals surface area contributed by atoms with E-state index >= 15 is 0 Å². The summed E-state index contributed by atoms with van der Waals surface area (Å²) in [6.45, 7) is 6.53. The van der Waals surface area contributed by atoms with E-state index in [0.717, 1.165) is 122 Å². The number of hydrogen-bond donors (Lipinski definition) is 0. The minimum atomic E-state index is -0.788. The Morgan fingerprint density at radius 2 is 0.494 bits per heavy atom. The molecule has 1 atom stereocenters. The van der Waals surface area contributed by atoms with Gasteiger partial charge in [-0.2, -0.15) is 0 Å². The molecule has 0 bridgehead atoms. The van der Waals surface area contributed by atoms with Crippen molar-refractivity contribution in [3.63, 3.8) is 0 Å². The lowest BCUT2D eigenvalue weighted by atomic mass is 10.0. The van der Waals surface area contributed by atoms with Gasteiger partial charge in [-0.25, -0.2) is 0 Å². The molecule has 0 aromatic carbocycles. The Morgan fingerprint density at radius 1 is 0.266 bits per heavy atom. The first-order valence-corrected chi connectivity index (χ1v) is 33.7. The first kappa shape index (κ1) is 75.3. The van der Waals surface area contributed by atoms with Crippen LogP contribution in [0.25, 0.3) is 0 Å². The topological polar surface area (TPSA) is 78.9 Å². The van der Waals surface area contributed by atoms with Crippen molar-refractivity contribution in [1.29, 1.82) is 0 Å². The molecule has 0 N–H and O–H groups in total.